The Morgan fingerprint density at radius 3 is 2.53 bits per heavy atom. The summed E-state index contributed by atoms with van der Waals surface area (Å²) in [5, 5.41) is 8.49. The molecular weight excluding hydrogens is 246 g/mol. The van der Waals surface area contributed by atoms with E-state index in [0.717, 1.165) is 5.75 Å². The smallest absolute Gasteiger partial charge is 0.303 e. The van der Waals surface area contributed by atoms with Crippen LogP contribution in [0.2, 0.25) is 0 Å². The number of para-hydroxylation sites is 1. The summed E-state index contributed by atoms with van der Waals surface area (Å²) in [5.74, 6) is -0.157. The Kier molecular flexibility index (Phi) is 6.43. The molecule has 0 spiro atoms. The van der Waals surface area contributed by atoms with Gasteiger partial charge in [0.2, 0.25) is 5.91 Å². The van der Waals surface area contributed by atoms with Gasteiger partial charge >= 0.3 is 5.97 Å². The molecule has 104 valence electrons. The number of nitrogens with zero attached hydrogens (tertiary/aromatic N) is 1. The fraction of sp³-hybridized carbons (Fsp3) is 0.429. The maximum absolute atomic E-state index is 11.6. The molecule has 5 heteroatoms. The van der Waals surface area contributed by atoms with Crippen molar-refractivity contribution in [3.63, 3.8) is 0 Å². The van der Waals surface area contributed by atoms with Crippen molar-refractivity contribution in [2.45, 2.75) is 19.3 Å². The van der Waals surface area contributed by atoms with Crippen LogP contribution < -0.4 is 4.74 Å². The number of amides is 1. The number of carboxylic acid groups (broad SMARTS) is 1. The van der Waals surface area contributed by atoms with Crippen LogP contribution in [0.5, 0.6) is 5.75 Å². The SMILES string of the molecule is CN(CCOc1ccccc1)C(=O)CCCC(=O)O. The topological polar surface area (TPSA) is 66.8 Å². The Labute approximate surface area is 112 Å². The predicted octanol–water partition coefficient (Wildman–Crippen LogP) is 1.78. The van der Waals surface area contributed by atoms with Crippen LogP contribution in [0.4, 0.5) is 0 Å². The molecular formula is C14H19NO4. The van der Waals surface area contributed by atoms with Crippen LogP contribution in [0, 0.1) is 0 Å². The third kappa shape index (κ3) is 6.45. The molecule has 0 aromatic heterocycles. The highest BCUT2D eigenvalue weighted by atomic mass is 16.5. The molecule has 1 N–H and O–H groups in total. The first-order chi connectivity index (χ1) is 9.09. The zero-order valence-electron chi connectivity index (χ0n) is 11.0. The van der Waals surface area contributed by atoms with Crippen LogP contribution in [-0.2, 0) is 9.59 Å². The first-order valence-corrected chi connectivity index (χ1v) is 6.23. The standard InChI is InChI=1S/C14H19NO4/c1-15(13(16)8-5-9-14(17)18)10-11-19-12-6-3-2-4-7-12/h2-4,6-7H,5,8-11H2,1H3,(H,17,18). The lowest BCUT2D eigenvalue weighted by Crippen LogP contribution is -2.30. The van der Waals surface area contributed by atoms with E-state index in [1.165, 1.54) is 0 Å². The molecule has 1 aromatic carbocycles. The molecule has 0 saturated heterocycles. The number of likely N-dealkylation sites (N-methyl/N-ethyl adjacent to an activating group) is 1. The molecule has 1 rings (SSSR count). The van der Waals surface area contributed by atoms with Crippen LogP contribution in [0.3, 0.4) is 0 Å². The van der Waals surface area contributed by atoms with Gasteiger partial charge in [0.15, 0.2) is 0 Å². The number of ether oxygens (including phenoxy) is 1. The highest BCUT2D eigenvalue weighted by Gasteiger charge is 2.09. The Bertz CT molecular complexity index is 405. The van der Waals surface area contributed by atoms with E-state index in [1.54, 1.807) is 11.9 Å². The van der Waals surface area contributed by atoms with Gasteiger partial charge in [0.1, 0.15) is 12.4 Å². The number of rotatable bonds is 8. The Morgan fingerprint density at radius 2 is 1.89 bits per heavy atom. The third-order valence-electron chi connectivity index (χ3n) is 2.65. The minimum absolute atomic E-state index is 0.0279. The van der Waals surface area contributed by atoms with E-state index in [9.17, 15) is 9.59 Å². The third-order valence-corrected chi connectivity index (χ3v) is 2.65. The van der Waals surface area contributed by atoms with Gasteiger partial charge in [0, 0.05) is 19.9 Å². The molecule has 0 heterocycles. The lowest BCUT2D eigenvalue weighted by Gasteiger charge is -2.17. The largest absolute Gasteiger partial charge is 0.492 e. The summed E-state index contributed by atoms with van der Waals surface area (Å²) >= 11 is 0. The van der Waals surface area contributed by atoms with Crippen molar-refractivity contribution in [3.8, 4) is 5.75 Å². The van der Waals surface area contributed by atoms with Crippen LogP contribution in [-0.4, -0.2) is 42.1 Å². The van der Waals surface area contributed by atoms with Gasteiger partial charge in [-0.1, -0.05) is 18.2 Å². The van der Waals surface area contributed by atoms with Gasteiger partial charge in [0.05, 0.1) is 6.54 Å². The normalized spacial score (nSPS) is 9.95. The Morgan fingerprint density at radius 1 is 1.21 bits per heavy atom. The van der Waals surface area contributed by atoms with Crippen molar-refractivity contribution in [1.82, 2.24) is 4.90 Å². The lowest BCUT2D eigenvalue weighted by atomic mass is 10.2. The molecule has 0 fully saturated rings. The van der Waals surface area contributed by atoms with E-state index in [0.29, 0.717) is 19.6 Å². The number of carboxylic acids is 1. The van der Waals surface area contributed by atoms with Gasteiger partial charge in [-0.25, -0.2) is 0 Å². The summed E-state index contributed by atoms with van der Waals surface area (Å²) in [6.45, 7) is 0.909. The molecule has 0 aliphatic carbocycles. The fourth-order valence-corrected chi connectivity index (χ4v) is 1.52. The van der Waals surface area contributed by atoms with Crippen molar-refractivity contribution in [3.05, 3.63) is 30.3 Å². The average Bonchev–Trinajstić information content (AvgIpc) is 2.39. The lowest BCUT2D eigenvalue weighted by molar-refractivity contribution is -0.137. The summed E-state index contributed by atoms with van der Waals surface area (Å²) < 4.78 is 5.48. The predicted molar refractivity (Wildman–Crippen MR) is 71.1 cm³/mol. The van der Waals surface area contributed by atoms with Gasteiger partial charge in [-0.2, -0.15) is 0 Å². The maximum Gasteiger partial charge on any atom is 0.303 e. The second-order valence-electron chi connectivity index (χ2n) is 4.22. The van der Waals surface area contributed by atoms with Crippen molar-refractivity contribution in [1.29, 1.82) is 0 Å². The Hall–Kier alpha value is -2.04. The number of carbonyl (C=O) groups excluding carboxylic acids is 1. The zero-order valence-corrected chi connectivity index (χ0v) is 11.0. The molecule has 0 unspecified atom stereocenters. The molecule has 19 heavy (non-hydrogen) atoms. The summed E-state index contributed by atoms with van der Waals surface area (Å²) in [4.78, 5) is 23.5. The minimum Gasteiger partial charge on any atom is -0.492 e. The first-order valence-electron chi connectivity index (χ1n) is 6.23. The molecule has 0 bridgehead atoms. The minimum atomic E-state index is -0.872. The summed E-state index contributed by atoms with van der Waals surface area (Å²) in [6.07, 6.45) is 0.659. The van der Waals surface area contributed by atoms with Crippen molar-refractivity contribution in [2.24, 2.45) is 0 Å². The van der Waals surface area contributed by atoms with E-state index < -0.39 is 5.97 Å². The van der Waals surface area contributed by atoms with Crippen LogP contribution >= 0.6 is 0 Å². The fourth-order valence-electron chi connectivity index (χ4n) is 1.52. The van der Waals surface area contributed by atoms with Crippen molar-refractivity contribution < 1.29 is 19.4 Å². The molecule has 0 atom stereocenters. The van der Waals surface area contributed by atoms with Crippen molar-refractivity contribution >= 4 is 11.9 Å². The van der Waals surface area contributed by atoms with Gasteiger partial charge < -0.3 is 14.7 Å². The van der Waals surface area contributed by atoms with Crippen LogP contribution in [0.15, 0.2) is 30.3 Å². The number of carbonyl (C=O) groups is 2. The van der Waals surface area contributed by atoms with E-state index in [4.69, 9.17) is 9.84 Å². The van der Waals surface area contributed by atoms with Gasteiger partial charge in [-0.05, 0) is 18.6 Å². The van der Waals surface area contributed by atoms with Crippen molar-refractivity contribution in [2.75, 3.05) is 20.2 Å². The highest BCUT2D eigenvalue weighted by molar-refractivity contribution is 5.76. The molecule has 0 aliphatic heterocycles. The number of hydrogen-bond acceptors (Lipinski definition) is 3. The van der Waals surface area contributed by atoms with Crippen LogP contribution in [0.1, 0.15) is 19.3 Å². The molecule has 5 nitrogen and oxygen atoms in total. The zero-order chi connectivity index (χ0) is 14.1. The highest BCUT2D eigenvalue weighted by Crippen LogP contribution is 2.08. The molecule has 1 amide bonds. The summed E-state index contributed by atoms with van der Waals surface area (Å²) in [5.41, 5.74) is 0. The summed E-state index contributed by atoms with van der Waals surface area (Å²) in [6, 6.07) is 9.39. The van der Waals surface area contributed by atoms with Gasteiger partial charge in [-0.15, -0.1) is 0 Å². The molecule has 0 saturated carbocycles. The average molecular weight is 265 g/mol. The second kappa shape index (κ2) is 8.13. The summed E-state index contributed by atoms with van der Waals surface area (Å²) in [7, 11) is 1.69. The quantitative estimate of drug-likeness (QED) is 0.778. The Balaban J connectivity index is 2.18. The molecule has 0 aliphatic rings. The monoisotopic (exact) mass is 265 g/mol. The maximum atomic E-state index is 11.6. The van der Waals surface area contributed by atoms with Crippen LogP contribution in [0.25, 0.3) is 0 Å². The van der Waals surface area contributed by atoms with E-state index >= 15 is 0 Å². The first kappa shape index (κ1) is 15.0. The number of hydrogen-bond donors (Lipinski definition) is 1. The second-order valence-corrected chi connectivity index (χ2v) is 4.22. The molecule has 1 aromatic rings. The van der Waals surface area contributed by atoms with E-state index in [2.05, 4.69) is 0 Å². The molecule has 0 radical (unpaired) electrons. The van der Waals surface area contributed by atoms with Gasteiger partial charge in [0.25, 0.3) is 0 Å². The number of aliphatic carboxylic acids is 1. The number of benzene rings is 1. The van der Waals surface area contributed by atoms with E-state index in [1.807, 2.05) is 30.3 Å². The van der Waals surface area contributed by atoms with Gasteiger partial charge in [-0.3, -0.25) is 9.59 Å². The van der Waals surface area contributed by atoms with E-state index in [-0.39, 0.29) is 18.7 Å².